The highest BCUT2D eigenvalue weighted by Gasteiger charge is 2.37. The molecule has 134 valence electrons. The van der Waals surface area contributed by atoms with Crippen molar-refractivity contribution in [3.05, 3.63) is 82.9 Å². The third-order valence-electron chi connectivity index (χ3n) is 4.56. The lowest BCUT2D eigenvalue weighted by Crippen LogP contribution is -2.30. The van der Waals surface area contributed by atoms with E-state index in [1.807, 2.05) is 32.0 Å². The first-order chi connectivity index (χ1) is 12.9. The zero-order valence-electron chi connectivity index (χ0n) is 15.0. The molecular formula is C22H18N2O3. The molecule has 0 fully saturated rings. The van der Waals surface area contributed by atoms with Crippen LogP contribution in [0, 0.1) is 13.8 Å². The third-order valence-corrected chi connectivity index (χ3v) is 4.56. The Hall–Kier alpha value is -3.60. The van der Waals surface area contributed by atoms with Gasteiger partial charge < -0.3 is 10.5 Å². The highest BCUT2D eigenvalue weighted by atomic mass is 16.5. The fourth-order valence-electron chi connectivity index (χ4n) is 3.18. The molecule has 0 aromatic heterocycles. The van der Waals surface area contributed by atoms with Gasteiger partial charge >= 0.3 is 0 Å². The van der Waals surface area contributed by atoms with Gasteiger partial charge in [0.15, 0.2) is 0 Å². The number of fused-ring (bicyclic) bond motifs is 1. The molecule has 2 N–H and O–H groups in total. The van der Waals surface area contributed by atoms with Crippen LogP contribution in [0.5, 0.6) is 11.5 Å². The summed E-state index contributed by atoms with van der Waals surface area (Å²) in [4.78, 5) is 27.0. The number of hydrogen-bond acceptors (Lipinski definition) is 4. The van der Waals surface area contributed by atoms with E-state index in [1.54, 1.807) is 42.5 Å². The SMILES string of the molecule is Cc1ccc(C)c(N2C(=O)c3ccc(Oc4cccc(N)c4)cc3C2=O)c1. The second kappa shape index (κ2) is 6.29. The van der Waals surface area contributed by atoms with Gasteiger partial charge in [-0.05, 0) is 61.4 Å². The Morgan fingerprint density at radius 1 is 0.815 bits per heavy atom. The lowest BCUT2D eigenvalue weighted by molar-refractivity contribution is 0.0926. The zero-order chi connectivity index (χ0) is 19.1. The van der Waals surface area contributed by atoms with Crippen LogP contribution < -0.4 is 15.4 Å². The molecule has 5 nitrogen and oxygen atoms in total. The van der Waals surface area contributed by atoms with Gasteiger partial charge in [0.1, 0.15) is 11.5 Å². The number of benzene rings is 3. The number of nitrogens with zero attached hydrogens (tertiary/aromatic N) is 1. The molecule has 0 atom stereocenters. The summed E-state index contributed by atoms with van der Waals surface area (Å²) < 4.78 is 5.79. The number of carbonyl (C=O) groups is 2. The van der Waals surface area contributed by atoms with Crippen molar-refractivity contribution in [3.63, 3.8) is 0 Å². The van der Waals surface area contributed by atoms with E-state index in [4.69, 9.17) is 10.5 Å². The van der Waals surface area contributed by atoms with Crippen LogP contribution >= 0.6 is 0 Å². The van der Waals surface area contributed by atoms with Crippen LogP contribution in [0.15, 0.2) is 60.7 Å². The maximum absolute atomic E-state index is 13.0. The minimum atomic E-state index is -0.346. The minimum Gasteiger partial charge on any atom is -0.457 e. The summed E-state index contributed by atoms with van der Waals surface area (Å²) in [6.45, 7) is 3.81. The van der Waals surface area contributed by atoms with E-state index >= 15 is 0 Å². The molecule has 1 aliphatic heterocycles. The number of rotatable bonds is 3. The zero-order valence-corrected chi connectivity index (χ0v) is 15.0. The summed E-state index contributed by atoms with van der Waals surface area (Å²) >= 11 is 0. The first kappa shape index (κ1) is 16.8. The fourth-order valence-corrected chi connectivity index (χ4v) is 3.18. The summed E-state index contributed by atoms with van der Waals surface area (Å²) in [6.07, 6.45) is 0. The van der Waals surface area contributed by atoms with E-state index in [-0.39, 0.29) is 11.8 Å². The predicted octanol–water partition coefficient (Wildman–Crippen LogP) is 4.48. The van der Waals surface area contributed by atoms with Gasteiger partial charge in [-0.1, -0.05) is 18.2 Å². The van der Waals surface area contributed by atoms with E-state index in [0.717, 1.165) is 11.1 Å². The van der Waals surface area contributed by atoms with Crippen LogP contribution in [0.1, 0.15) is 31.8 Å². The first-order valence-corrected chi connectivity index (χ1v) is 8.57. The van der Waals surface area contributed by atoms with Crippen molar-refractivity contribution in [1.82, 2.24) is 0 Å². The number of hydrogen-bond donors (Lipinski definition) is 1. The molecule has 3 aromatic carbocycles. The molecule has 2 amide bonds. The average Bonchev–Trinajstić information content (AvgIpc) is 2.88. The van der Waals surface area contributed by atoms with E-state index < -0.39 is 0 Å². The number of imide groups is 1. The van der Waals surface area contributed by atoms with Gasteiger partial charge in [-0.25, -0.2) is 4.90 Å². The Morgan fingerprint density at radius 3 is 2.33 bits per heavy atom. The molecule has 1 aliphatic rings. The quantitative estimate of drug-likeness (QED) is 0.553. The van der Waals surface area contributed by atoms with E-state index in [2.05, 4.69) is 0 Å². The molecule has 4 rings (SSSR count). The Balaban J connectivity index is 1.70. The van der Waals surface area contributed by atoms with E-state index in [9.17, 15) is 9.59 Å². The van der Waals surface area contributed by atoms with Gasteiger partial charge in [-0.15, -0.1) is 0 Å². The van der Waals surface area contributed by atoms with Gasteiger partial charge in [-0.3, -0.25) is 9.59 Å². The van der Waals surface area contributed by atoms with Crippen molar-refractivity contribution >= 4 is 23.2 Å². The highest BCUT2D eigenvalue weighted by Crippen LogP contribution is 2.34. The van der Waals surface area contributed by atoms with Crippen molar-refractivity contribution in [2.75, 3.05) is 10.6 Å². The Morgan fingerprint density at radius 2 is 1.56 bits per heavy atom. The summed E-state index contributed by atoms with van der Waals surface area (Å²) in [6, 6.07) is 17.6. The molecule has 27 heavy (non-hydrogen) atoms. The first-order valence-electron chi connectivity index (χ1n) is 8.57. The van der Waals surface area contributed by atoms with Gasteiger partial charge in [0, 0.05) is 11.8 Å². The monoisotopic (exact) mass is 358 g/mol. The van der Waals surface area contributed by atoms with Crippen LogP contribution in [0.4, 0.5) is 11.4 Å². The lowest BCUT2D eigenvalue weighted by atomic mass is 10.1. The van der Waals surface area contributed by atoms with E-state index in [1.165, 1.54) is 4.90 Å². The topological polar surface area (TPSA) is 72.6 Å². The molecule has 0 saturated heterocycles. The third kappa shape index (κ3) is 2.93. The Kier molecular flexibility index (Phi) is 3.92. The molecule has 0 aliphatic carbocycles. The molecule has 0 unspecified atom stereocenters. The summed E-state index contributed by atoms with van der Waals surface area (Å²) in [5.41, 5.74) is 9.52. The number of carbonyl (C=O) groups excluding carboxylic acids is 2. The number of nitrogen functional groups attached to an aromatic ring is 1. The van der Waals surface area contributed by atoms with Crippen LogP contribution in [0.3, 0.4) is 0 Å². The van der Waals surface area contributed by atoms with Gasteiger partial charge in [0.05, 0.1) is 16.8 Å². The fraction of sp³-hybridized carbons (Fsp3) is 0.0909. The molecule has 3 aromatic rings. The van der Waals surface area contributed by atoms with E-state index in [0.29, 0.717) is 34.0 Å². The number of anilines is 2. The van der Waals surface area contributed by atoms with Gasteiger partial charge in [0.2, 0.25) is 0 Å². The van der Waals surface area contributed by atoms with Crippen LogP contribution in [0.2, 0.25) is 0 Å². The Labute approximate surface area is 157 Å². The molecule has 0 bridgehead atoms. The number of ether oxygens (including phenoxy) is 1. The maximum Gasteiger partial charge on any atom is 0.266 e. The molecule has 0 spiro atoms. The second-order valence-electron chi connectivity index (χ2n) is 6.62. The van der Waals surface area contributed by atoms with Crippen molar-refractivity contribution in [2.45, 2.75) is 13.8 Å². The van der Waals surface area contributed by atoms with Crippen molar-refractivity contribution in [1.29, 1.82) is 0 Å². The van der Waals surface area contributed by atoms with Crippen LogP contribution in [-0.2, 0) is 0 Å². The molecule has 0 saturated carbocycles. The average molecular weight is 358 g/mol. The maximum atomic E-state index is 13.0. The largest absolute Gasteiger partial charge is 0.457 e. The Bertz CT molecular complexity index is 1090. The van der Waals surface area contributed by atoms with Crippen molar-refractivity contribution in [3.8, 4) is 11.5 Å². The lowest BCUT2D eigenvalue weighted by Gasteiger charge is -2.17. The molecule has 1 heterocycles. The van der Waals surface area contributed by atoms with Crippen molar-refractivity contribution < 1.29 is 14.3 Å². The second-order valence-corrected chi connectivity index (χ2v) is 6.62. The number of nitrogens with two attached hydrogens (primary N) is 1. The predicted molar refractivity (Wildman–Crippen MR) is 104 cm³/mol. The molecule has 5 heteroatoms. The number of amides is 2. The summed E-state index contributed by atoms with van der Waals surface area (Å²) in [5.74, 6) is 0.377. The van der Waals surface area contributed by atoms with Gasteiger partial charge in [0.25, 0.3) is 11.8 Å². The number of aryl methyl sites for hydroxylation is 2. The molecular weight excluding hydrogens is 340 g/mol. The highest BCUT2D eigenvalue weighted by molar-refractivity contribution is 6.34. The smallest absolute Gasteiger partial charge is 0.266 e. The normalized spacial score (nSPS) is 13.0. The van der Waals surface area contributed by atoms with Crippen LogP contribution in [-0.4, -0.2) is 11.8 Å². The molecule has 0 radical (unpaired) electrons. The van der Waals surface area contributed by atoms with Crippen LogP contribution in [0.25, 0.3) is 0 Å². The minimum absolute atomic E-state index is 0.320. The van der Waals surface area contributed by atoms with Crippen molar-refractivity contribution in [2.24, 2.45) is 0 Å². The summed E-state index contributed by atoms with van der Waals surface area (Å²) in [7, 11) is 0. The van der Waals surface area contributed by atoms with Gasteiger partial charge in [-0.2, -0.15) is 0 Å². The standard InChI is InChI=1S/C22H18N2O3/c1-13-6-7-14(2)20(10-13)24-21(25)18-9-8-17(12-19(18)22(24)26)27-16-5-3-4-15(23)11-16/h3-12H,23H2,1-2H3. The summed E-state index contributed by atoms with van der Waals surface area (Å²) in [5, 5.41) is 0.